The molecule has 102 valence electrons. The molecule has 4 heteroatoms. The van der Waals surface area contributed by atoms with Crippen LogP contribution >= 0.6 is 0 Å². The van der Waals surface area contributed by atoms with Gasteiger partial charge >= 0.3 is 0 Å². The summed E-state index contributed by atoms with van der Waals surface area (Å²) in [4.78, 5) is 11.5. The highest BCUT2D eigenvalue weighted by Gasteiger charge is 2.09. The van der Waals surface area contributed by atoms with Gasteiger partial charge in [0.1, 0.15) is 0 Å². The third-order valence-electron chi connectivity index (χ3n) is 2.97. The summed E-state index contributed by atoms with van der Waals surface area (Å²) in [5.74, 6) is 0.528. The van der Waals surface area contributed by atoms with Crippen LogP contribution in [0.3, 0.4) is 0 Å². The van der Waals surface area contributed by atoms with E-state index in [1.165, 1.54) is 0 Å². The molecule has 0 spiro atoms. The Morgan fingerprint density at radius 3 is 2.53 bits per heavy atom. The number of carbonyl (C=O) groups is 1. The minimum absolute atomic E-state index is 0.0543. The summed E-state index contributed by atoms with van der Waals surface area (Å²) in [7, 11) is 0. The predicted molar refractivity (Wildman–Crippen MR) is 70.9 cm³/mol. The number of carbonyl (C=O) groups excluding carboxylic acids is 1. The molecule has 0 bridgehead atoms. The van der Waals surface area contributed by atoms with Crippen molar-refractivity contribution in [3.63, 3.8) is 0 Å². The highest BCUT2D eigenvalue weighted by atomic mass is 16.3. The van der Waals surface area contributed by atoms with Gasteiger partial charge in [-0.25, -0.2) is 0 Å². The Balaban J connectivity index is 3.68. The van der Waals surface area contributed by atoms with E-state index >= 15 is 0 Å². The smallest absolute Gasteiger partial charge is 0.234 e. The largest absolute Gasteiger partial charge is 0.396 e. The van der Waals surface area contributed by atoms with E-state index in [1.54, 1.807) is 0 Å². The monoisotopic (exact) mass is 244 g/mol. The Kier molecular flexibility index (Phi) is 10.2. The van der Waals surface area contributed by atoms with Crippen molar-refractivity contribution < 1.29 is 9.90 Å². The van der Waals surface area contributed by atoms with E-state index in [4.69, 9.17) is 5.11 Å². The van der Waals surface area contributed by atoms with Gasteiger partial charge in [0.25, 0.3) is 0 Å². The Morgan fingerprint density at radius 2 is 2.00 bits per heavy atom. The van der Waals surface area contributed by atoms with Crippen LogP contribution in [0.25, 0.3) is 0 Å². The molecule has 4 nitrogen and oxygen atoms in total. The van der Waals surface area contributed by atoms with Crippen LogP contribution in [0, 0.1) is 5.92 Å². The normalized spacial score (nSPS) is 14.4. The zero-order valence-corrected chi connectivity index (χ0v) is 11.5. The first-order valence-corrected chi connectivity index (χ1v) is 6.74. The Morgan fingerprint density at radius 1 is 1.29 bits per heavy atom. The number of rotatable bonds is 10. The summed E-state index contributed by atoms with van der Waals surface area (Å²) >= 11 is 0. The summed E-state index contributed by atoms with van der Waals surface area (Å²) in [6, 6.07) is 0.244. The van der Waals surface area contributed by atoms with Crippen LogP contribution < -0.4 is 10.6 Å². The maximum absolute atomic E-state index is 11.5. The molecule has 2 unspecified atom stereocenters. The first-order chi connectivity index (χ1) is 8.13. The average molecular weight is 244 g/mol. The fraction of sp³-hybridized carbons (Fsp3) is 0.923. The lowest BCUT2D eigenvalue weighted by Crippen LogP contribution is -2.40. The molecule has 0 aromatic heterocycles. The van der Waals surface area contributed by atoms with Crippen LogP contribution in [0.5, 0.6) is 0 Å². The van der Waals surface area contributed by atoms with E-state index < -0.39 is 0 Å². The first kappa shape index (κ1) is 16.4. The molecule has 0 aliphatic rings. The molecule has 3 N–H and O–H groups in total. The van der Waals surface area contributed by atoms with E-state index in [2.05, 4.69) is 24.5 Å². The van der Waals surface area contributed by atoms with Gasteiger partial charge in [-0.05, 0) is 38.6 Å². The SMILES string of the molecule is CCCC(CCO)CNCC(=O)NC(C)CC. The van der Waals surface area contributed by atoms with E-state index in [-0.39, 0.29) is 18.6 Å². The zero-order chi connectivity index (χ0) is 13.1. The molecule has 0 heterocycles. The summed E-state index contributed by atoms with van der Waals surface area (Å²) in [6.45, 7) is 7.60. The number of aliphatic hydroxyl groups excluding tert-OH is 1. The molecule has 0 saturated heterocycles. The van der Waals surface area contributed by atoms with Crippen molar-refractivity contribution in [3.05, 3.63) is 0 Å². The van der Waals surface area contributed by atoms with E-state index in [0.717, 1.165) is 32.2 Å². The summed E-state index contributed by atoms with van der Waals surface area (Å²) < 4.78 is 0. The molecule has 0 saturated carbocycles. The van der Waals surface area contributed by atoms with Gasteiger partial charge in [-0.1, -0.05) is 20.3 Å². The van der Waals surface area contributed by atoms with Crippen molar-refractivity contribution in [1.29, 1.82) is 0 Å². The third-order valence-corrected chi connectivity index (χ3v) is 2.97. The van der Waals surface area contributed by atoms with Crippen LogP contribution in [0.2, 0.25) is 0 Å². The fourth-order valence-corrected chi connectivity index (χ4v) is 1.76. The maximum Gasteiger partial charge on any atom is 0.234 e. The lowest BCUT2D eigenvalue weighted by Gasteiger charge is -2.16. The lowest BCUT2D eigenvalue weighted by molar-refractivity contribution is -0.120. The second kappa shape index (κ2) is 10.5. The quantitative estimate of drug-likeness (QED) is 0.542. The van der Waals surface area contributed by atoms with Crippen LogP contribution in [-0.4, -0.2) is 36.8 Å². The van der Waals surface area contributed by atoms with Gasteiger partial charge in [-0.15, -0.1) is 0 Å². The van der Waals surface area contributed by atoms with Crippen LogP contribution in [-0.2, 0) is 4.79 Å². The van der Waals surface area contributed by atoms with Gasteiger partial charge in [0.2, 0.25) is 5.91 Å². The van der Waals surface area contributed by atoms with Crippen molar-refractivity contribution in [2.45, 2.75) is 52.5 Å². The minimum Gasteiger partial charge on any atom is -0.396 e. The van der Waals surface area contributed by atoms with E-state index in [0.29, 0.717) is 12.5 Å². The first-order valence-electron chi connectivity index (χ1n) is 6.74. The van der Waals surface area contributed by atoms with Crippen molar-refractivity contribution in [2.75, 3.05) is 19.7 Å². The molecule has 0 aromatic rings. The van der Waals surface area contributed by atoms with Gasteiger partial charge < -0.3 is 15.7 Å². The van der Waals surface area contributed by atoms with Crippen LogP contribution in [0.15, 0.2) is 0 Å². The molecule has 0 rings (SSSR count). The highest BCUT2D eigenvalue weighted by molar-refractivity contribution is 5.78. The molecule has 17 heavy (non-hydrogen) atoms. The zero-order valence-electron chi connectivity index (χ0n) is 11.5. The Labute approximate surface area is 105 Å². The van der Waals surface area contributed by atoms with Crippen LogP contribution in [0.1, 0.15) is 46.5 Å². The van der Waals surface area contributed by atoms with E-state index in [1.807, 2.05) is 6.92 Å². The molecule has 0 aromatic carbocycles. The Hall–Kier alpha value is -0.610. The fourth-order valence-electron chi connectivity index (χ4n) is 1.76. The van der Waals surface area contributed by atoms with Gasteiger partial charge in [0, 0.05) is 12.6 Å². The summed E-state index contributed by atoms with van der Waals surface area (Å²) in [6.07, 6.45) is 3.98. The van der Waals surface area contributed by atoms with E-state index in [9.17, 15) is 4.79 Å². The van der Waals surface area contributed by atoms with Crippen molar-refractivity contribution in [3.8, 4) is 0 Å². The number of nitrogens with one attached hydrogen (secondary N) is 2. The molecule has 1 amide bonds. The molecular formula is C13H28N2O2. The second-order valence-corrected chi connectivity index (χ2v) is 4.67. The topological polar surface area (TPSA) is 61.4 Å². The van der Waals surface area contributed by atoms with Crippen LogP contribution in [0.4, 0.5) is 0 Å². The number of amides is 1. The molecule has 2 atom stereocenters. The van der Waals surface area contributed by atoms with Gasteiger partial charge in [0.05, 0.1) is 6.54 Å². The van der Waals surface area contributed by atoms with Gasteiger partial charge in [0.15, 0.2) is 0 Å². The predicted octanol–water partition coefficient (Wildman–Crippen LogP) is 1.29. The summed E-state index contributed by atoms with van der Waals surface area (Å²) in [5, 5.41) is 15.0. The highest BCUT2D eigenvalue weighted by Crippen LogP contribution is 2.08. The van der Waals surface area contributed by atoms with Gasteiger partial charge in [-0.3, -0.25) is 4.79 Å². The molecule has 0 radical (unpaired) electrons. The maximum atomic E-state index is 11.5. The number of aliphatic hydroxyl groups is 1. The third kappa shape index (κ3) is 9.12. The number of hydrogen-bond acceptors (Lipinski definition) is 3. The number of hydrogen-bond donors (Lipinski definition) is 3. The molecule has 0 aliphatic carbocycles. The standard InChI is InChI=1S/C13H28N2O2/c1-4-6-12(7-8-16)9-14-10-13(17)15-11(3)5-2/h11-12,14,16H,4-10H2,1-3H3,(H,15,17). The second-order valence-electron chi connectivity index (χ2n) is 4.67. The van der Waals surface area contributed by atoms with Crippen molar-refractivity contribution in [2.24, 2.45) is 5.92 Å². The summed E-state index contributed by atoms with van der Waals surface area (Å²) in [5.41, 5.74) is 0. The minimum atomic E-state index is 0.0543. The molecular weight excluding hydrogens is 216 g/mol. The van der Waals surface area contributed by atoms with Gasteiger partial charge in [-0.2, -0.15) is 0 Å². The molecule has 0 fully saturated rings. The lowest BCUT2D eigenvalue weighted by atomic mass is 10.0. The average Bonchev–Trinajstić information content (AvgIpc) is 2.29. The van der Waals surface area contributed by atoms with Crippen molar-refractivity contribution >= 4 is 5.91 Å². The Bertz CT molecular complexity index is 192. The van der Waals surface area contributed by atoms with Crippen molar-refractivity contribution in [1.82, 2.24) is 10.6 Å². The molecule has 0 aliphatic heterocycles.